The fraction of sp³-hybridized carbons (Fsp3) is 0.377. The van der Waals surface area contributed by atoms with E-state index in [1.807, 2.05) is 0 Å². The zero-order valence-electron chi connectivity index (χ0n) is 40.2. The molecule has 7 aromatic rings. The van der Waals surface area contributed by atoms with E-state index >= 15 is 0 Å². The van der Waals surface area contributed by atoms with Crippen molar-refractivity contribution >= 4 is 55.7 Å². The Morgan fingerprint density at radius 2 is 0.778 bits per heavy atom. The molecule has 63 heavy (non-hydrogen) atoms. The quantitative estimate of drug-likeness (QED) is 0.0455. The van der Waals surface area contributed by atoms with Gasteiger partial charge in [-0.15, -0.1) is 0 Å². The largest absolute Gasteiger partial charge is 0.309 e. The van der Waals surface area contributed by atoms with E-state index in [4.69, 9.17) is 0 Å². The first-order chi connectivity index (χ1) is 30.5. The molecule has 0 bridgehead atoms. The van der Waals surface area contributed by atoms with E-state index in [2.05, 4.69) is 206 Å². The summed E-state index contributed by atoms with van der Waals surface area (Å²) in [7, 11) is 0. The molecule has 0 spiro atoms. The maximum Gasteiger partial charge on any atom is 0.0620 e. The third-order valence-corrected chi connectivity index (χ3v) is 13.3. The van der Waals surface area contributed by atoms with Crippen LogP contribution >= 0.6 is 0 Å². The van der Waals surface area contributed by atoms with Gasteiger partial charge in [0, 0.05) is 44.3 Å². The van der Waals surface area contributed by atoms with Crippen LogP contribution in [0.15, 0.2) is 133 Å². The zero-order valence-corrected chi connectivity index (χ0v) is 40.2. The Bertz CT molecular complexity index is 2540. The van der Waals surface area contributed by atoms with E-state index in [-0.39, 0.29) is 5.41 Å². The predicted molar refractivity (Wildman–Crippen MR) is 278 cm³/mol. The highest BCUT2D eigenvalue weighted by molar-refractivity contribution is 6.23. The van der Waals surface area contributed by atoms with Gasteiger partial charge in [-0.2, -0.15) is 0 Å². The van der Waals surface area contributed by atoms with Crippen molar-refractivity contribution < 1.29 is 0 Å². The van der Waals surface area contributed by atoms with Gasteiger partial charge in [-0.1, -0.05) is 174 Å². The molecule has 0 aromatic heterocycles. The van der Waals surface area contributed by atoms with Crippen LogP contribution in [-0.4, -0.2) is 0 Å². The van der Waals surface area contributed by atoms with Gasteiger partial charge < -0.3 is 9.80 Å². The summed E-state index contributed by atoms with van der Waals surface area (Å²) in [4.78, 5) is 5.12. The normalized spacial score (nSPS) is 11.8. The number of anilines is 6. The lowest BCUT2D eigenvalue weighted by Crippen LogP contribution is -2.16. The van der Waals surface area contributed by atoms with E-state index in [0.717, 1.165) is 25.7 Å². The molecule has 7 aromatic carbocycles. The number of fused-ring (bicyclic) bond motifs is 2. The van der Waals surface area contributed by atoms with Crippen LogP contribution in [0.5, 0.6) is 0 Å². The molecule has 7 rings (SSSR count). The minimum Gasteiger partial charge on any atom is -0.309 e. The highest BCUT2D eigenvalue weighted by Gasteiger charge is 2.27. The predicted octanol–water partition coefficient (Wildman–Crippen LogP) is 18.7. The molecule has 0 amide bonds. The van der Waals surface area contributed by atoms with Crippen molar-refractivity contribution in [1.29, 1.82) is 0 Å². The van der Waals surface area contributed by atoms with Gasteiger partial charge in [0.15, 0.2) is 0 Å². The monoisotopic (exact) mass is 835 g/mol. The molecule has 328 valence electrons. The van der Waals surface area contributed by atoms with Gasteiger partial charge >= 0.3 is 0 Å². The summed E-state index contributed by atoms with van der Waals surface area (Å²) < 4.78 is 0. The molecule has 0 saturated carbocycles. The SMILES string of the molecule is CCCCCCc1ccc(N(c2ccc(CC)cc2)c2c3ccc(C(C)(C)C)cc3c(N(c3ccc(CC)cc3)c3ccc(CCCCCC)cc3)c3ccc(C(C)C)cc23)cc1. The van der Waals surface area contributed by atoms with Crippen LogP contribution in [0.4, 0.5) is 34.1 Å². The second kappa shape index (κ2) is 20.9. The van der Waals surface area contributed by atoms with Crippen molar-refractivity contribution in [1.82, 2.24) is 0 Å². The standard InChI is InChI=1S/C61H74N2/c1-10-14-16-18-20-47-26-36-53(37-27-47)62(51-32-22-45(12-3)23-33-51)59-56-41-31-50(61(7,8)9)43-58(56)60(55-40-30-49(44(5)6)42-57(55)59)63(52-34-24-46(13-4)25-35-52)54-38-28-48(29-39-54)21-19-17-15-11-2/h22-44H,10-21H2,1-9H3. The van der Waals surface area contributed by atoms with Gasteiger partial charge in [-0.3, -0.25) is 0 Å². The van der Waals surface area contributed by atoms with Crippen LogP contribution in [0.25, 0.3) is 21.5 Å². The molecule has 0 radical (unpaired) electrons. The molecule has 0 aliphatic rings. The molecule has 0 fully saturated rings. The first kappa shape index (κ1) is 45.7. The van der Waals surface area contributed by atoms with Gasteiger partial charge in [-0.25, -0.2) is 0 Å². The van der Waals surface area contributed by atoms with Crippen molar-refractivity contribution in [3.05, 3.63) is 167 Å². The third-order valence-electron chi connectivity index (χ3n) is 13.3. The number of nitrogens with zero attached hydrogens (tertiary/aromatic N) is 2. The number of hydrogen-bond acceptors (Lipinski definition) is 2. The smallest absolute Gasteiger partial charge is 0.0620 e. The van der Waals surface area contributed by atoms with E-state index < -0.39 is 0 Å². The van der Waals surface area contributed by atoms with Crippen molar-refractivity contribution in [3.63, 3.8) is 0 Å². The summed E-state index contributed by atoms with van der Waals surface area (Å²) in [6, 6.07) is 52.2. The topological polar surface area (TPSA) is 6.48 Å². The van der Waals surface area contributed by atoms with Crippen LogP contribution in [0.1, 0.15) is 153 Å². The van der Waals surface area contributed by atoms with Crippen LogP contribution in [-0.2, 0) is 31.1 Å². The minimum atomic E-state index is -0.0439. The maximum atomic E-state index is 2.56. The molecular formula is C61H74N2. The zero-order chi connectivity index (χ0) is 44.5. The highest BCUT2D eigenvalue weighted by Crippen LogP contribution is 2.52. The molecule has 0 heterocycles. The van der Waals surface area contributed by atoms with Crippen molar-refractivity contribution in [3.8, 4) is 0 Å². The third kappa shape index (κ3) is 10.6. The lowest BCUT2D eigenvalue weighted by molar-refractivity contribution is 0.591. The first-order valence-electron chi connectivity index (χ1n) is 24.5. The fourth-order valence-corrected chi connectivity index (χ4v) is 9.22. The average molecular weight is 835 g/mol. The minimum absolute atomic E-state index is 0.0439. The summed E-state index contributed by atoms with van der Waals surface area (Å²) in [5.41, 5.74) is 15.3. The second-order valence-corrected chi connectivity index (χ2v) is 19.3. The Hall–Kier alpha value is -5.34. The fourth-order valence-electron chi connectivity index (χ4n) is 9.22. The number of rotatable bonds is 19. The Morgan fingerprint density at radius 3 is 1.14 bits per heavy atom. The first-order valence-corrected chi connectivity index (χ1v) is 24.5. The Kier molecular flexibility index (Phi) is 15.1. The van der Waals surface area contributed by atoms with Gasteiger partial charge in [-0.05, 0) is 144 Å². The van der Waals surface area contributed by atoms with Crippen molar-refractivity contribution in [2.24, 2.45) is 0 Å². The molecule has 0 unspecified atom stereocenters. The van der Waals surface area contributed by atoms with E-state index in [1.165, 1.54) is 140 Å². The number of unbranched alkanes of at least 4 members (excludes halogenated alkanes) is 6. The summed E-state index contributed by atoms with van der Waals surface area (Å²) in [6.45, 7) is 20.7. The molecule has 0 aliphatic heterocycles. The van der Waals surface area contributed by atoms with Gasteiger partial charge in [0.25, 0.3) is 0 Å². The summed E-state index contributed by atoms with van der Waals surface area (Å²) in [6.07, 6.45) is 14.4. The van der Waals surface area contributed by atoms with Gasteiger partial charge in [0.1, 0.15) is 0 Å². The number of aryl methyl sites for hydroxylation is 4. The molecule has 0 atom stereocenters. The van der Waals surface area contributed by atoms with Crippen LogP contribution < -0.4 is 9.80 Å². The average Bonchev–Trinajstić information content (AvgIpc) is 3.30. The highest BCUT2D eigenvalue weighted by atomic mass is 15.2. The van der Waals surface area contributed by atoms with Crippen molar-refractivity contribution in [2.75, 3.05) is 9.80 Å². The molecular weight excluding hydrogens is 761 g/mol. The number of benzene rings is 7. The van der Waals surface area contributed by atoms with Crippen LogP contribution in [0, 0.1) is 0 Å². The lowest BCUT2D eigenvalue weighted by atomic mass is 9.84. The van der Waals surface area contributed by atoms with Gasteiger partial charge in [0.2, 0.25) is 0 Å². The molecule has 0 N–H and O–H groups in total. The van der Waals surface area contributed by atoms with E-state index in [9.17, 15) is 0 Å². The summed E-state index contributed by atoms with van der Waals surface area (Å²) >= 11 is 0. The lowest BCUT2D eigenvalue weighted by Gasteiger charge is -2.34. The molecule has 2 nitrogen and oxygen atoms in total. The van der Waals surface area contributed by atoms with Crippen LogP contribution in [0.3, 0.4) is 0 Å². The van der Waals surface area contributed by atoms with Crippen LogP contribution in [0.2, 0.25) is 0 Å². The molecule has 2 heteroatoms. The Labute approximate surface area is 381 Å². The van der Waals surface area contributed by atoms with E-state index in [0.29, 0.717) is 5.92 Å². The van der Waals surface area contributed by atoms with Crippen molar-refractivity contribution in [2.45, 2.75) is 151 Å². The second-order valence-electron chi connectivity index (χ2n) is 19.3. The summed E-state index contributed by atoms with van der Waals surface area (Å²) in [5.74, 6) is 0.372. The Balaban J connectivity index is 1.55. The molecule has 0 saturated heterocycles. The Morgan fingerprint density at radius 1 is 0.397 bits per heavy atom. The maximum absolute atomic E-state index is 2.56. The summed E-state index contributed by atoms with van der Waals surface area (Å²) in [5, 5.41) is 5.02. The molecule has 0 aliphatic carbocycles. The van der Waals surface area contributed by atoms with Gasteiger partial charge in [0.05, 0.1) is 11.4 Å². The van der Waals surface area contributed by atoms with E-state index in [1.54, 1.807) is 0 Å². The number of hydrogen-bond donors (Lipinski definition) is 0.